The zero-order valence-corrected chi connectivity index (χ0v) is 9.46. The lowest BCUT2D eigenvalue weighted by molar-refractivity contribution is -0.114. The minimum absolute atomic E-state index is 0.183. The van der Waals surface area contributed by atoms with Gasteiger partial charge in [-0.15, -0.1) is 0 Å². The standard InChI is InChI=1S/C11H18O3/c1-8(2)13-9(3)6-10-7-12-11(4,5)14-10/h6-8H,1-5H3/b9-6+. The summed E-state index contributed by atoms with van der Waals surface area (Å²) in [5.74, 6) is 0.977. The quantitative estimate of drug-likeness (QED) is 0.652. The van der Waals surface area contributed by atoms with Crippen molar-refractivity contribution in [3.05, 3.63) is 23.9 Å². The van der Waals surface area contributed by atoms with Gasteiger partial charge in [-0.2, -0.15) is 0 Å². The molecule has 0 amide bonds. The van der Waals surface area contributed by atoms with E-state index in [1.807, 2.05) is 40.7 Å². The molecule has 0 N–H and O–H groups in total. The van der Waals surface area contributed by atoms with Gasteiger partial charge in [-0.1, -0.05) is 0 Å². The van der Waals surface area contributed by atoms with Crippen molar-refractivity contribution in [2.24, 2.45) is 0 Å². The Balaban J connectivity index is 2.53. The van der Waals surface area contributed by atoms with Crippen LogP contribution in [0.3, 0.4) is 0 Å². The molecule has 0 aromatic heterocycles. The predicted octanol–water partition coefficient (Wildman–Crippen LogP) is 2.94. The number of ether oxygens (including phenoxy) is 3. The van der Waals surface area contributed by atoms with Crippen LogP contribution in [-0.4, -0.2) is 11.9 Å². The molecule has 80 valence electrons. The van der Waals surface area contributed by atoms with E-state index in [1.165, 1.54) is 0 Å². The highest BCUT2D eigenvalue weighted by Gasteiger charge is 2.26. The summed E-state index contributed by atoms with van der Waals surface area (Å²) >= 11 is 0. The van der Waals surface area contributed by atoms with Crippen LogP contribution in [0.2, 0.25) is 0 Å². The molecule has 3 heteroatoms. The van der Waals surface area contributed by atoms with Gasteiger partial charge in [0.25, 0.3) is 0 Å². The summed E-state index contributed by atoms with van der Waals surface area (Å²) in [6.45, 7) is 9.60. The molecule has 0 atom stereocenters. The van der Waals surface area contributed by atoms with Gasteiger partial charge < -0.3 is 14.2 Å². The molecule has 0 bridgehead atoms. The maximum absolute atomic E-state index is 5.48. The molecule has 0 fully saturated rings. The molecular formula is C11H18O3. The van der Waals surface area contributed by atoms with Gasteiger partial charge in [0.05, 0.1) is 11.9 Å². The van der Waals surface area contributed by atoms with Crippen molar-refractivity contribution in [2.75, 3.05) is 0 Å². The molecule has 1 aliphatic heterocycles. The summed E-state index contributed by atoms with van der Waals surface area (Å²) in [5.41, 5.74) is 0. The minimum atomic E-state index is -0.552. The van der Waals surface area contributed by atoms with Gasteiger partial charge in [0.15, 0.2) is 5.76 Å². The van der Waals surface area contributed by atoms with E-state index in [1.54, 1.807) is 6.26 Å². The number of hydrogen-bond donors (Lipinski definition) is 0. The summed E-state index contributed by atoms with van der Waals surface area (Å²) in [6.07, 6.45) is 3.62. The monoisotopic (exact) mass is 198 g/mol. The molecule has 0 aromatic rings. The largest absolute Gasteiger partial charge is 0.496 e. The minimum Gasteiger partial charge on any atom is -0.496 e. The van der Waals surface area contributed by atoms with E-state index in [0.29, 0.717) is 5.76 Å². The maximum Gasteiger partial charge on any atom is 0.245 e. The third-order valence-corrected chi connectivity index (χ3v) is 1.59. The molecule has 0 saturated carbocycles. The smallest absolute Gasteiger partial charge is 0.245 e. The van der Waals surface area contributed by atoms with Crippen molar-refractivity contribution in [2.45, 2.75) is 46.5 Å². The SMILES string of the molecule is C/C(=C\C1=COC(C)(C)O1)OC(C)C. The first-order chi connectivity index (χ1) is 6.39. The third kappa shape index (κ3) is 3.32. The molecular weight excluding hydrogens is 180 g/mol. The topological polar surface area (TPSA) is 27.7 Å². The van der Waals surface area contributed by atoms with Crippen LogP contribution < -0.4 is 0 Å². The Morgan fingerprint density at radius 3 is 2.57 bits per heavy atom. The van der Waals surface area contributed by atoms with Crippen LogP contribution >= 0.6 is 0 Å². The summed E-state index contributed by atoms with van der Waals surface area (Å²) in [7, 11) is 0. The lowest BCUT2D eigenvalue weighted by atomic mass is 10.4. The zero-order chi connectivity index (χ0) is 10.8. The Kier molecular flexibility index (Phi) is 3.09. The Morgan fingerprint density at radius 1 is 1.50 bits per heavy atom. The molecule has 1 heterocycles. The fraction of sp³-hybridized carbons (Fsp3) is 0.636. The normalized spacial score (nSPS) is 20.1. The van der Waals surface area contributed by atoms with Gasteiger partial charge in [-0.3, -0.25) is 0 Å². The van der Waals surface area contributed by atoms with E-state index in [2.05, 4.69) is 0 Å². The van der Waals surface area contributed by atoms with E-state index < -0.39 is 5.79 Å². The van der Waals surface area contributed by atoms with Gasteiger partial charge in [0.1, 0.15) is 6.26 Å². The van der Waals surface area contributed by atoms with Crippen LogP contribution in [0.15, 0.2) is 23.9 Å². The second kappa shape index (κ2) is 3.95. The molecule has 0 aliphatic carbocycles. The van der Waals surface area contributed by atoms with E-state index in [9.17, 15) is 0 Å². The number of allylic oxidation sites excluding steroid dienone is 2. The van der Waals surface area contributed by atoms with Crippen LogP contribution in [0.1, 0.15) is 34.6 Å². The Hall–Kier alpha value is -1.12. The van der Waals surface area contributed by atoms with E-state index in [4.69, 9.17) is 14.2 Å². The molecule has 0 aromatic carbocycles. The van der Waals surface area contributed by atoms with Crippen LogP contribution in [0.5, 0.6) is 0 Å². The second-order valence-corrected chi connectivity index (χ2v) is 4.06. The second-order valence-electron chi connectivity index (χ2n) is 4.06. The van der Waals surface area contributed by atoms with Gasteiger partial charge >= 0.3 is 0 Å². The Bertz CT molecular complexity index is 262. The van der Waals surface area contributed by atoms with Gasteiger partial charge in [-0.05, 0) is 20.8 Å². The molecule has 0 spiro atoms. The number of rotatable bonds is 3. The van der Waals surface area contributed by atoms with E-state index in [0.717, 1.165) is 5.76 Å². The highest BCUT2D eigenvalue weighted by Crippen LogP contribution is 2.25. The first-order valence-corrected chi connectivity index (χ1v) is 4.81. The first kappa shape index (κ1) is 11.0. The molecule has 1 aliphatic rings. The average Bonchev–Trinajstić information content (AvgIpc) is 2.27. The molecule has 0 radical (unpaired) electrons. The number of hydrogen-bond acceptors (Lipinski definition) is 3. The molecule has 14 heavy (non-hydrogen) atoms. The summed E-state index contributed by atoms with van der Waals surface area (Å²) in [4.78, 5) is 0. The summed E-state index contributed by atoms with van der Waals surface area (Å²) < 4.78 is 16.2. The molecule has 3 nitrogen and oxygen atoms in total. The van der Waals surface area contributed by atoms with Crippen LogP contribution in [0.4, 0.5) is 0 Å². The van der Waals surface area contributed by atoms with Crippen molar-refractivity contribution < 1.29 is 14.2 Å². The van der Waals surface area contributed by atoms with Crippen LogP contribution in [0, 0.1) is 0 Å². The van der Waals surface area contributed by atoms with Crippen molar-refractivity contribution in [1.82, 2.24) is 0 Å². The Labute approximate surface area is 85.3 Å². The van der Waals surface area contributed by atoms with E-state index in [-0.39, 0.29) is 6.10 Å². The molecule has 0 saturated heterocycles. The van der Waals surface area contributed by atoms with Crippen molar-refractivity contribution in [1.29, 1.82) is 0 Å². The highest BCUT2D eigenvalue weighted by molar-refractivity contribution is 5.15. The van der Waals surface area contributed by atoms with Gasteiger partial charge in [0.2, 0.25) is 5.79 Å². The van der Waals surface area contributed by atoms with Crippen molar-refractivity contribution in [3.8, 4) is 0 Å². The van der Waals surface area contributed by atoms with Gasteiger partial charge in [-0.25, -0.2) is 0 Å². The fourth-order valence-corrected chi connectivity index (χ4v) is 1.20. The lowest BCUT2D eigenvalue weighted by Crippen LogP contribution is -2.19. The van der Waals surface area contributed by atoms with Crippen molar-refractivity contribution in [3.63, 3.8) is 0 Å². The predicted molar refractivity (Wildman–Crippen MR) is 54.3 cm³/mol. The summed E-state index contributed by atoms with van der Waals surface area (Å²) in [5, 5.41) is 0. The van der Waals surface area contributed by atoms with Crippen molar-refractivity contribution >= 4 is 0 Å². The Morgan fingerprint density at radius 2 is 2.14 bits per heavy atom. The maximum atomic E-state index is 5.48. The van der Waals surface area contributed by atoms with Crippen LogP contribution in [0.25, 0.3) is 0 Å². The molecule has 0 unspecified atom stereocenters. The van der Waals surface area contributed by atoms with Gasteiger partial charge in [0, 0.05) is 19.9 Å². The lowest BCUT2D eigenvalue weighted by Gasteiger charge is -2.17. The third-order valence-electron chi connectivity index (χ3n) is 1.59. The molecule has 1 rings (SSSR count). The first-order valence-electron chi connectivity index (χ1n) is 4.81. The average molecular weight is 198 g/mol. The zero-order valence-electron chi connectivity index (χ0n) is 9.46. The fourth-order valence-electron chi connectivity index (χ4n) is 1.20. The summed E-state index contributed by atoms with van der Waals surface area (Å²) in [6, 6.07) is 0. The van der Waals surface area contributed by atoms with Crippen LogP contribution in [-0.2, 0) is 14.2 Å². The highest BCUT2D eigenvalue weighted by atomic mass is 16.7. The van der Waals surface area contributed by atoms with E-state index >= 15 is 0 Å².